The van der Waals surface area contributed by atoms with Gasteiger partial charge in [-0.25, -0.2) is 24.9 Å². The molecule has 0 bridgehead atoms. The van der Waals surface area contributed by atoms with E-state index in [4.69, 9.17) is 24.9 Å². The molecule has 1 N–H and O–H groups in total. The van der Waals surface area contributed by atoms with Gasteiger partial charge in [0.2, 0.25) is 0 Å². The molecule has 2 aromatic heterocycles. The normalized spacial score (nSPS) is 14.1. The first-order valence-electron chi connectivity index (χ1n) is 22.0. The lowest BCUT2D eigenvalue weighted by Crippen LogP contribution is -2.33. The fourth-order valence-electron chi connectivity index (χ4n) is 8.48. The molecule has 1 atom stereocenters. The topological polar surface area (TPSA) is 104 Å². The van der Waals surface area contributed by atoms with Crippen molar-refractivity contribution >= 4 is 33.5 Å². The molecule has 0 radical (unpaired) electrons. The van der Waals surface area contributed by atoms with Gasteiger partial charge in [-0.2, -0.15) is 5.26 Å². The first kappa shape index (κ1) is 41.0. The molecule has 1 unspecified atom stereocenters. The van der Waals surface area contributed by atoms with Gasteiger partial charge in [0, 0.05) is 38.6 Å². The van der Waals surface area contributed by atoms with Crippen molar-refractivity contribution in [2.45, 2.75) is 58.5 Å². The van der Waals surface area contributed by atoms with Gasteiger partial charge in [0.15, 0.2) is 23.3 Å². The van der Waals surface area contributed by atoms with E-state index in [1.807, 2.05) is 78.9 Å². The molecule has 7 aromatic carbocycles. The number of nitriles is 1. The second-order valence-electron chi connectivity index (χ2n) is 18.6. The fourth-order valence-corrected chi connectivity index (χ4v) is 8.48. The quantitative estimate of drug-likeness (QED) is 0.172. The zero-order valence-electron chi connectivity index (χ0n) is 37.4. The van der Waals surface area contributed by atoms with Crippen LogP contribution in [0.4, 0.5) is 0 Å². The van der Waals surface area contributed by atoms with Gasteiger partial charge >= 0.3 is 0 Å². The van der Waals surface area contributed by atoms with Crippen molar-refractivity contribution in [2.75, 3.05) is 0 Å². The molecule has 8 nitrogen and oxygen atoms in total. The molecule has 8 heteroatoms. The van der Waals surface area contributed by atoms with Crippen LogP contribution in [-0.4, -0.2) is 31.2 Å². The summed E-state index contributed by atoms with van der Waals surface area (Å²) in [5.41, 5.74) is 11.2. The van der Waals surface area contributed by atoms with Crippen LogP contribution in [0.5, 0.6) is 0 Å². The number of nitrogens with one attached hydrogen (secondary N) is 1. The molecule has 0 fully saturated rings. The number of fused-ring (bicyclic) bond motifs is 3. The van der Waals surface area contributed by atoms with E-state index in [1.54, 1.807) is 0 Å². The predicted octanol–water partition coefficient (Wildman–Crippen LogP) is 12.9. The van der Waals surface area contributed by atoms with Crippen LogP contribution in [0, 0.1) is 11.3 Å². The van der Waals surface area contributed by atoms with Gasteiger partial charge in [-0.05, 0) is 76.1 Å². The number of hydrogen-bond donors (Lipinski definition) is 1. The van der Waals surface area contributed by atoms with Crippen LogP contribution in [0.15, 0.2) is 180 Å². The summed E-state index contributed by atoms with van der Waals surface area (Å²) in [7, 11) is 0. The molecule has 1 aliphatic heterocycles. The fraction of sp³-hybridized carbons (Fsp3) is 0.158. The summed E-state index contributed by atoms with van der Waals surface area (Å²) >= 11 is 0. The standard InChI is InChI=1S/C57H48N8/c1-56(2,3)42-23-15-21-39(32-42)52-60-53(40-22-16-24-43(33-40)57(4,5)6)62-54(61-52)41-28-30-48-45(34-41)44-25-13-14-26-47(44)65(48)49-29-27-36(35-58)31-46(49)55-63-50(37-17-9-7-10-18-37)59-51(64-55)38-19-11-8-12-20-38/h7-34,52H,1-6H3,(H,60,61,62). The molecular formula is C57H48N8. The average Bonchev–Trinajstić information content (AvgIpc) is 3.67. The Morgan fingerprint density at radius 3 is 1.80 bits per heavy atom. The Bertz CT molecular complexity index is 3320. The van der Waals surface area contributed by atoms with Crippen LogP contribution in [-0.2, 0) is 10.8 Å². The minimum absolute atomic E-state index is 0.0267. The molecule has 1 aliphatic rings. The lowest BCUT2D eigenvalue weighted by molar-refractivity contribution is 0.585. The predicted molar refractivity (Wildman–Crippen MR) is 264 cm³/mol. The monoisotopic (exact) mass is 844 g/mol. The molecule has 0 spiro atoms. The van der Waals surface area contributed by atoms with E-state index in [0.717, 1.165) is 61.1 Å². The maximum absolute atomic E-state index is 10.2. The van der Waals surface area contributed by atoms with Crippen LogP contribution < -0.4 is 5.32 Å². The second kappa shape index (κ2) is 16.3. The molecule has 0 aliphatic carbocycles. The number of nitrogens with zero attached hydrogens (tertiary/aromatic N) is 7. The van der Waals surface area contributed by atoms with Crippen LogP contribution >= 0.6 is 0 Å². The van der Waals surface area contributed by atoms with Gasteiger partial charge in [0.05, 0.1) is 28.4 Å². The summed E-state index contributed by atoms with van der Waals surface area (Å²) in [4.78, 5) is 25.7. The Labute approximate surface area is 379 Å². The summed E-state index contributed by atoms with van der Waals surface area (Å²) in [6, 6.07) is 60.2. The lowest BCUT2D eigenvalue weighted by atomic mass is 9.86. The largest absolute Gasteiger partial charge is 0.344 e. The van der Waals surface area contributed by atoms with E-state index in [1.165, 1.54) is 11.1 Å². The highest BCUT2D eigenvalue weighted by Crippen LogP contribution is 2.38. The van der Waals surface area contributed by atoms with Crippen LogP contribution in [0.3, 0.4) is 0 Å². The molecule has 0 saturated heterocycles. The molecule has 9 aromatic rings. The molecule has 10 rings (SSSR count). The number of para-hydroxylation sites is 1. The SMILES string of the molecule is CC(C)(C)c1cccc(C2=NC(c3cccc(C(C)(C)C)c3)NC(c3ccc4c(c3)c3ccccc3n4-c3ccc(C#N)cc3-c3nc(-c4ccccc4)nc(-c4ccccc4)n3)=N2)c1. The van der Waals surface area contributed by atoms with E-state index in [0.29, 0.717) is 34.4 Å². The summed E-state index contributed by atoms with van der Waals surface area (Å²) in [5.74, 6) is 2.99. The van der Waals surface area contributed by atoms with Crippen molar-refractivity contribution in [3.05, 3.63) is 203 Å². The van der Waals surface area contributed by atoms with E-state index >= 15 is 0 Å². The Balaban J connectivity index is 1.15. The second-order valence-corrected chi connectivity index (χ2v) is 18.6. The van der Waals surface area contributed by atoms with Gasteiger partial charge in [-0.3, -0.25) is 0 Å². The van der Waals surface area contributed by atoms with Crippen LogP contribution in [0.25, 0.3) is 61.7 Å². The van der Waals surface area contributed by atoms with Crippen molar-refractivity contribution in [1.82, 2.24) is 24.8 Å². The number of aromatic nitrogens is 4. The Hall–Kier alpha value is -8.02. The third-order valence-electron chi connectivity index (χ3n) is 12.1. The summed E-state index contributed by atoms with van der Waals surface area (Å²) in [6.07, 6.45) is -0.363. The minimum atomic E-state index is -0.363. The van der Waals surface area contributed by atoms with Crippen molar-refractivity contribution < 1.29 is 0 Å². The van der Waals surface area contributed by atoms with E-state index in [2.05, 4.69) is 148 Å². The minimum Gasteiger partial charge on any atom is -0.344 e. The third kappa shape index (κ3) is 7.98. The molecular weight excluding hydrogens is 797 g/mol. The van der Waals surface area contributed by atoms with Gasteiger partial charge in [-0.1, -0.05) is 163 Å². The Morgan fingerprint density at radius 2 is 1.12 bits per heavy atom. The van der Waals surface area contributed by atoms with Gasteiger partial charge < -0.3 is 9.88 Å². The number of amidine groups is 2. The van der Waals surface area contributed by atoms with E-state index in [9.17, 15) is 5.26 Å². The molecule has 65 heavy (non-hydrogen) atoms. The average molecular weight is 845 g/mol. The first-order chi connectivity index (χ1) is 31.4. The Kier molecular flexibility index (Phi) is 10.3. The number of aliphatic imine (C=N–C) groups is 2. The van der Waals surface area contributed by atoms with Gasteiger partial charge in [0.25, 0.3) is 0 Å². The van der Waals surface area contributed by atoms with Crippen molar-refractivity contribution in [3.63, 3.8) is 0 Å². The lowest BCUT2D eigenvalue weighted by Gasteiger charge is -2.26. The zero-order valence-corrected chi connectivity index (χ0v) is 37.4. The zero-order chi connectivity index (χ0) is 44.9. The highest BCUT2D eigenvalue weighted by atomic mass is 15.2. The third-order valence-corrected chi connectivity index (χ3v) is 12.1. The number of hydrogen-bond acceptors (Lipinski definition) is 7. The van der Waals surface area contributed by atoms with Crippen molar-refractivity contribution in [2.24, 2.45) is 9.98 Å². The number of benzene rings is 7. The summed E-state index contributed by atoms with van der Waals surface area (Å²) in [5, 5.41) is 16.1. The maximum atomic E-state index is 10.2. The van der Waals surface area contributed by atoms with Crippen molar-refractivity contribution in [1.29, 1.82) is 5.26 Å². The molecule has 0 saturated carbocycles. The van der Waals surface area contributed by atoms with Gasteiger partial charge in [-0.15, -0.1) is 0 Å². The summed E-state index contributed by atoms with van der Waals surface area (Å²) in [6.45, 7) is 13.4. The maximum Gasteiger partial charge on any atom is 0.166 e. The molecule has 316 valence electrons. The van der Waals surface area contributed by atoms with Gasteiger partial charge in [0.1, 0.15) is 12.0 Å². The first-order valence-corrected chi connectivity index (χ1v) is 22.0. The molecule has 0 amide bonds. The highest BCUT2D eigenvalue weighted by molar-refractivity contribution is 6.16. The molecule has 3 heterocycles. The Morgan fingerprint density at radius 1 is 0.523 bits per heavy atom. The van der Waals surface area contributed by atoms with E-state index < -0.39 is 0 Å². The van der Waals surface area contributed by atoms with Crippen molar-refractivity contribution in [3.8, 4) is 45.9 Å². The smallest absolute Gasteiger partial charge is 0.166 e. The summed E-state index contributed by atoms with van der Waals surface area (Å²) < 4.78 is 2.25. The number of rotatable bonds is 7. The van der Waals surface area contributed by atoms with Crippen LogP contribution in [0.2, 0.25) is 0 Å². The highest BCUT2D eigenvalue weighted by Gasteiger charge is 2.26. The van der Waals surface area contributed by atoms with E-state index in [-0.39, 0.29) is 17.0 Å². The van der Waals surface area contributed by atoms with Crippen LogP contribution in [0.1, 0.15) is 81.1 Å².